The van der Waals surface area contributed by atoms with Crippen LogP contribution in [-0.2, 0) is 19.6 Å². The summed E-state index contributed by atoms with van der Waals surface area (Å²) < 4.78 is 0. The van der Waals surface area contributed by atoms with Crippen LogP contribution in [0.5, 0.6) is 0 Å². The third-order valence-electron chi connectivity index (χ3n) is 4.67. The molecule has 0 aliphatic heterocycles. The zero-order chi connectivity index (χ0) is 24.3. The van der Waals surface area contributed by atoms with Gasteiger partial charge in [-0.15, -0.1) is 0 Å². The monoisotopic (exact) mass is 447 g/mol. The largest absolute Gasteiger partial charge is 0.310 e. The minimum atomic E-state index is 0.565. The van der Waals surface area contributed by atoms with E-state index in [4.69, 9.17) is 0 Å². The molecule has 0 fully saturated rings. The average molecular weight is 448 g/mol. The molecular formula is C30H45N3. The van der Waals surface area contributed by atoms with Gasteiger partial charge in [-0.05, 0) is 16.7 Å². The molecule has 0 saturated heterocycles. The molecule has 0 unspecified atom stereocenters. The average Bonchev–Trinajstić information content (AvgIpc) is 2.83. The molecule has 3 rings (SSSR count). The topological polar surface area (TPSA) is 36.1 Å². The SMILES string of the molecule is CC(C)NCc1ccccc1.CC(C)NCc1ccccc1.CC(C)NCc1ccccc1. The molecule has 3 heteroatoms. The molecule has 33 heavy (non-hydrogen) atoms. The summed E-state index contributed by atoms with van der Waals surface area (Å²) in [6.45, 7) is 15.8. The van der Waals surface area contributed by atoms with Crippen LogP contribution in [0.25, 0.3) is 0 Å². The van der Waals surface area contributed by atoms with Crippen molar-refractivity contribution in [3.8, 4) is 0 Å². The first-order valence-corrected chi connectivity index (χ1v) is 12.2. The molecule has 0 bridgehead atoms. The molecule has 0 atom stereocenters. The molecule has 0 spiro atoms. The van der Waals surface area contributed by atoms with Gasteiger partial charge in [0.05, 0.1) is 0 Å². The third kappa shape index (κ3) is 16.8. The van der Waals surface area contributed by atoms with Crippen LogP contribution in [0.3, 0.4) is 0 Å². The molecule has 3 aromatic rings. The van der Waals surface area contributed by atoms with Crippen molar-refractivity contribution in [1.29, 1.82) is 0 Å². The Morgan fingerprint density at radius 3 is 0.788 bits per heavy atom. The summed E-state index contributed by atoms with van der Waals surface area (Å²) in [5.74, 6) is 0. The maximum Gasteiger partial charge on any atom is 0.0207 e. The van der Waals surface area contributed by atoms with Gasteiger partial charge < -0.3 is 16.0 Å². The second kappa shape index (κ2) is 18.0. The second-order valence-corrected chi connectivity index (χ2v) is 9.06. The molecular weight excluding hydrogens is 402 g/mol. The van der Waals surface area contributed by atoms with Gasteiger partial charge in [-0.25, -0.2) is 0 Å². The van der Waals surface area contributed by atoms with Crippen LogP contribution in [0, 0.1) is 0 Å². The molecule has 3 N–H and O–H groups in total. The van der Waals surface area contributed by atoms with Crippen molar-refractivity contribution in [2.24, 2.45) is 0 Å². The van der Waals surface area contributed by atoms with E-state index in [2.05, 4.69) is 130 Å². The number of rotatable bonds is 9. The summed E-state index contributed by atoms with van der Waals surface area (Å²) >= 11 is 0. The van der Waals surface area contributed by atoms with Crippen molar-refractivity contribution in [2.75, 3.05) is 0 Å². The summed E-state index contributed by atoms with van der Waals surface area (Å²) in [5, 5.41) is 10.1. The number of hydrogen-bond donors (Lipinski definition) is 3. The first-order chi connectivity index (χ1) is 15.9. The molecule has 0 aliphatic carbocycles. The van der Waals surface area contributed by atoms with Gasteiger partial charge in [0.1, 0.15) is 0 Å². The Morgan fingerprint density at radius 2 is 0.606 bits per heavy atom. The lowest BCUT2D eigenvalue weighted by Crippen LogP contribution is -2.21. The van der Waals surface area contributed by atoms with Crippen LogP contribution >= 0.6 is 0 Å². The Kier molecular flexibility index (Phi) is 15.6. The molecule has 0 saturated carbocycles. The van der Waals surface area contributed by atoms with Gasteiger partial charge in [-0.3, -0.25) is 0 Å². The van der Waals surface area contributed by atoms with E-state index < -0.39 is 0 Å². The summed E-state index contributed by atoms with van der Waals surface area (Å²) in [6, 6.07) is 33.0. The minimum absolute atomic E-state index is 0.565. The van der Waals surface area contributed by atoms with E-state index >= 15 is 0 Å². The minimum Gasteiger partial charge on any atom is -0.310 e. The first kappa shape index (κ1) is 28.6. The van der Waals surface area contributed by atoms with E-state index in [-0.39, 0.29) is 0 Å². The predicted molar refractivity (Wildman–Crippen MR) is 145 cm³/mol. The maximum absolute atomic E-state index is 3.36. The van der Waals surface area contributed by atoms with Gasteiger partial charge in [0.25, 0.3) is 0 Å². The molecule has 0 aliphatic rings. The van der Waals surface area contributed by atoms with E-state index in [1.54, 1.807) is 0 Å². The lowest BCUT2D eigenvalue weighted by Gasteiger charge is -2.06. The Balaban J connectivity index is 0.000000247. The van der Waals surface area contributed by atoms with Crippen LogP contribution < -0.4 is 16.0 Å². The van der Waals surface area contributed by atoms with Crippen LogP contribution in [0.15, 0.2) is 91.0 Å². The Bertz CT molecular complexity index is 687. The van der Waals surface area contributed by atoms with Crippen molar-refractivity contribution < 1.29 is 0 Å². The Labute approximate surface area is 203 Å². The van der Waals surface area contributed by atoms with E-state index in [9.17, 15) is 0 Å². The van der Waals surface area contributed by atoms with Gasteiger partial charge >= 0.3 is 0 Å². The van der Waals surface area contributed by atoms with Crippen molar-refractivity contribution in [3.05, 3.63) is 108 Å². The van der Waals surface area contributed by atoms with Crippen molar-refractivity contribution >= 4 is 0 Å². The van der Waals surface area contributed by atoms with Crippen LogP contribution in [-0.4, -0.2) is 18.1 Å². The quantitative estimate of drug-likeness (QED) is 0.348. The van der Waals surface area contributed by atoms with E-state index in [1.165, 1.54) is 16.7 Å². The van der Waals surface area contributed by atoms with Gasteiger partial charge in [-0.2, -0.15) is 0 Å². The molecule has 0 heterocycles. The molecule has 180 valence electrons. The summed E-state index contributed by atoms with van der Waals surface area (Å²) in [4.78, 5) is 0. The zero-order valence-electron chi connectivity index (χ0n) is 21.5. The Hall–Kier alpha value is -2.46. The van der Waals surface area contributed by atoms with Gasteiger partial charge in [0.15, 0.2) is 0 Å². The van der Waals surface area contributed by atoms with Crippen molar-refractivity contribution in [2.45, 2.75) is 79.3 Å². The van der Waals surface area contributed by atoms with Crippen LogP contribution in [0.4, 0.5) is 0 Å². The van der Waals surface area contributed by atoms with Crippen molar-refractivity contribution in [1.82, 2.24) is 16.0 Å². The van der Waals surface area contributed by atoms with E-state index in [1.807, 2.05) is 18.2 Å². The number of benzene rings is 3. The highest BCUT2D eigenvalue weighted by atomic mass is 14.9. The van der Waals surface area contributed by atoms with Crippen molar-refractivity contribution in [3.63, 3.8) is 0 Å². The summed E-state index contributed by atoms with van der Waals surface area (Å²) in [7, 11) is 0. The number of nitrogens with one attached hydrogen (secondary N) is 3. The number of hydrogen-bond acceptors (Lipinski definition) is 3. The molecule has 0 aromatic heterocycles. The predicted octanol–water partition coefficient (Wildman–Crippen LogP) is 6.55. The first-order valence-electron chi connectivity index (χ1n) is 12.2. The highest BCUT2D eigenvalue weighted by molar-refractivity contribution is 5.15. The maximum atomic E-state index is 3.36. The lowest BCUT2D eigenvalue weighted by molar-refractivity contribution is 0.589. The molecule has 3 nitrogen and oxygen atoms in total. The van der Waals surface area contributed by atoms with Crippen LogP contribution in [0.1, 0.15) is 58.2 Å². The fourth-order valence-corrected chi connectivity index (χ4v) is 2.75. The second-order valence-electron chi connectivity index (χ2n) is 9.06. The molecule has 3 aromatic carbocycles. The third-order valence-corrected chi connectivity index (χ3v) is 4.67. The normalized spacial score (nSPS) is 10.5. The van der Waals surface area contributed by atoms with Crippen LogP contribution in [0.2, 0.25) is 0 Å². The zero-order valence-corrected chi connectivity index (χ0v) is 21.5. The summed E-state index contributed by atoms with van der Waals surface area (Å²) in [5.41, 5.74) is 4.05. The molecule has 0 radical (unpaired) electrons. The van der Waals surface area contributed by atoms with Gasteiger partial charge in [0, 0.05) is 37.8 Å². The smallest absolute Gasteiger partial charge is 0.0207 e. The summed E-state index contributed by atoms with van der Waals surface area (Å²) in [6.07, 6.45) is 0. The highest BCUT2D eigenvalue weighted by Gasteiger charge is 1.93. The Morgan fingerprint density at radius 1 is 0.394 bits per heavy atom. The van der Waals surface area contributed by atoms with Gasteiger partial charge in [-0.1, -0.05) is 133 Å². The van der Waals surface area contributed by atoms with E-state index in [0.29, 0.717) is 18.1 Å². The standard InChI is InChI=1S/3C10H15N/c3*1-9(2)11-8-10-6-4-3-5-7-10/h3*3-7,9,11H,8H2,1-2H3. The highest BCUT2D eigenvalue weighted by Crippen LogP contribution is 1.99. The lowest BCUT2D eigenvalue weighted by atomic mass is 10.2. The fraction of sp³-hybridized carbons (Fsp3) is 0.400. The van der Waals surface area contributed by atoms with E-state index in [0.717, 1.165) is 19.6 Å². The fourth-order valence-electron chi connectivity index (χ4n) is 2.75. The van der Waals surface area contributed by atoms with Gasteiger partial charge in [0.2, 0.25) is 0 Å². The molecule has 0 amide bonds.